The van der Waals surface area contributed by atoms with Crippen molar-refractivity contribution in [3.8, 4) is 11.3 Å². The second-order valence-corrected chi connectivity index (χ2v) is 5.56. The van der Waals surface area contributed by atoms with Crippen molar-refractivity contribution in [2.45, 2.75) is 0 Å². The number of hydrogen-bond acceptors (Lipinski definition) is 2. The molecule has 0 bridgehead atoms. The summed E-state index contributed by atoms with van der Waals surface area (Å²) < 4.78 is 3.52. The molecule has 1 aromatic carbocycles. The van der Waals surface area contributed by atoms with Crippen molar-refractivity contribution in [2.75, 3.05) is 0 Å². The summed E-state index contributed by atoms with van der Waals surface area (Å²) in [4.78, 5) is 27.4. The number of H-pyrrole nitrogens is 1. The van der Waals surface area contributed by atoms with Gasteiger partial charge in [0.15, 0.2) is 0 Å². The van der Waals surface area contributed by atoms with E-state index in [4.69, 9.17) is 0 Å². The lowest BCUT2D eigenvalue weighted by molar-refractivity contribution is 0.714. The van der Waals surface area contributed by atoms with Crippen LogP contribution >= 0.6 is 15.9 Å². The highest BCUT2D eigenvalue weighted by Gasteiger charge is 2.15. The van der Waals surface area contributed by atoms with Gasteiger partial charge in [0.1, 0.15) is 0 Å². The normalized spacial score (nSPS) is 11.2. The van der Waals surface area contributed by atoms with Gasteiger partial charge in [-0.05, 0) is 17.7 Å². The number of nitrogens with zero attached hydrogens (tertiary/aromatic N) is 2. The van der Waals surface area contributed by atoms with Gasteiger partial charge < -0.3 is 4.98 Å². The highest BCUT2D eigenvalue weighted by molar-refractivity contribution is 9.10. The molecule has 2 heterocycles. The van der Waals surface area contributed by atoms with Crippen molar-refractivity contribution in [1.29, 1.82) is 0 Å². The minimum Gasteiger partial charge on any atom is -0.359 e. The maximum Gasteiger partial charge on any atom is 0.330 e. The SMILES string of the molecule is Cn1c(=O)c2c(-c3cccc(Br)c3)[nH]cc2n(C)c1=O. The summed E-state index contributed by atoms with van der Waals surface area (Å²) >= 11 is 3.42. The Hall–Kier alpha value is -2.08. The number of aryl methyl sites for hydroxylation is 1. The Bertz CT molecular complexity index is 934. The van der Waals surface area contributed by atoms with Gasteiger partial charge in [-0.25, -0.2) is 4.79 Å². The molecule has 6 heteroatoms. The van der Waals surface area contributed by atoms with Crippen molar-refractivity contribution >= 4 is 26.8 Å². The van der Waals surface area contributed by atoms with Crippen molar-refractivity contribution in [1.82, 2.24) is 14.1 Å². The number of fused-ring (bicyclic) bond motifs is 1. The second-order valence-electron chi connectivity index (χ2n) is 4.64. The summed E-state index contributed by atoms with van der Waals surface area (Å²) in [6, 6.07) is 7.66. The smallest absolute Gasteiger partial charge is 0.330 e. The predicted octanol–water partition coefficient (Wildman–Crippen LogP) is 1.99. The van der Waals surface area contributed by atoms with E-state index in [1.54, 1.807) is 13.2 Å². The summed E-state index contributed by atoms with van der Waals surface area (Å²) in [5, 5.41) is 0.521. The second kappa shape index (κ2) is 4.49. The minimum absolute atomic E-state index is 0.292. The quantitative estimate of drug-likeness (QED) is 0.740. The Kier molecular flexibility index (Phi) is 2.90. The Morgan fingerprint density at radius 2 is 1.90 bits per heavy atom. The molecule has 0 fully saturated rings. The van der Waals surface area contributed by atoms with Crippen LogP contribution in [0.5, 0.6) is 0 Å². The maximum absolute atomic E-state index is 12.4. The number of rotatable bonds is 1. The lowest BCUT2D eigenvalue weighted by Crippen LogP contribution is -2.36. The van der Waals surface area contributed by atoms with E-state index in [0.29, 0.717) is 10.9 Å². The number of benzene rings is 1. The molecule has 0 saturated carbocycles. The van der Waals surface area contributed by atoms with Crippen LogP contribution in [-0.4, -0.2) is 14.1 Å². The first-order valence-corrected chi connectivity index (χ1v) is 6.83. The summed E-state index contributed by atoms with van der Waals surface area (Å²) in [6.45, 7) is 0. The van der Waals surface area contributed by atoms with E-state index in [1.165, 1.54) is 11.6 Å². The lowest BCUT2D eigenvalue weighted by atomic mass is 10.1. The van der Waals surface area contributed by atoms with Crippen LogP contribution in [0.3, 0.4) is 0 Å². The third-order valence-corrected chi connectivity index (χ3v) is 3.92. The molecule has 0 aliphatic heterocycles. The molecule has 5 nitrogen and oxygen atoms in total. The zero-order valence-electron chi connectivity index (χ0n) is 11.0. The van der Waals surface area contributed by atoms with E-state index in [9.17, 15) is 9.59 Å². The molecule has 3 aromatic rings. The molecule has 0 aliphatic rings. The van der Waals surface area contributed by atoms with Crippen molar-refractivity contribution in [3.05, 3.63) is 55.8 Å². The first kappa shape index (κ1) is 12.9. The fourth-order valence-corrected chi connectivity index (χ4v) is 2.75. The molecule has 0 unspecified atom stereocenters. The highest BCUT2D eigenvalue weighted by atomic mass is 79.9. The molecular formula is C14H12BrN3O2. The van der Waals surface area contributed by atoms with Crippen LogP contribution in [0.1, 0.15) is 0 Å². The third-order valence-electron chi connectivity index (χ3n) is 3.43. The van der Waals surface area contributed by atoms with Gasteiger partial charge in [0.2, 0.25) is 0 Å². The van der Waals surface area contributed by atoms with Crippen LogP contribution in [0.2, 0.25) is 0 Å². The molecule has 0 radical (unpaired) electrons. The lowest BCUT2D eigenvalue weighted by Gasteiger charge is -2.05. The Morgan fingerprint density at radius 3 is 2.60 bits per heavy atom. The molecule has 1 N–H and O–H groups in total. The zero-order valence-corrected chi connectivity index (χ0v) is 12.6. The van der Waals surface area contributed by atoms with Gasteiger partial charge >= 0.3 is 5.69 Å². The van der Waals surface area contributed by atoms with Crippen molar-refractivity contribution < 1.29 is 0 Å². The molecular weight excluding hydrogens is 322 g/mol. The fraction of sp³-hybridized carbons (Fsp3) is 0.143. The first-order chi connectivity index (χ1) is 9.50. The topological polar surface area (TPSA) is 59.8 Å². The molecule has 0 spiro atoms. The number of nitrogens with one attached hydrogen (secondary N) is 1. The number of aromatic nitrogens is 3. The summed E-state index contributed by atoms with van der Waals surface area (Å²) in [5.41, 5.74) is 1.59. The van der Waals surface area contributed by atoms with E-state index in [-0.39, 0.29) is 11.2 Å². The van der Waals surface area contributed by atoms with Crippen molar-refractivity contribution in [3.63, 3.8) is 0 Å². The van der Waals surface area contributed by atoms with Gasteiger partial charge in [0, 0.05) is 24.8 Å². The molecule has 0 saturated heterocycles. The Labute approximate surface area is 122 Å². The van der Waals surface area contributed by atoms with Crippen LogP contribution in [0.25, 0.3) is 22.2 Å². The van der Waals surface area contributed by atoms with E-state index in [1.807, 2.05) is 24.3 Å². The van der Waals surface area contributed by atoms with Gasteiger partial charge in [0.05, 0.1) is 16.6 Å². The van der Waals surface area contributed by atoms with E-state index >= 15 is 0 Å². The van der Waals surface area contributed by atoms with E-state index in [0.717, 1.165) is 20.3 Å². The van der Waals surface area contributed by atoms with Gasteiger partial charge in [0.25, 0.3) is 5.56 Å². The van der Waals surface area contributed by atoms with Gasteiger partial charge in [-0.1, -0.05) is 28.1 Å². The number of hydrogen-bond donors (Lipinski definition) is 1. The number of aromatic amines is 1. The van der Waals surface area contributed by atoms with Gasteiger partial charge in [-0.15, -0.1) is 0 Å². The molecule has 2 aromatic heterocycles. The standard InChI is InChI=1S/C14H12BrN3O2/c1-17-10-7-16-12(8-4-3-5-9(15)6-8)11(10)13(19)18(2)14(17)20/h3-7,16H,1-2H3. The monoisotopic (exact) mass is 333 g/mol. The summed E-state index contributed by atoms with van der Waals surface area (Å²) in [5.74, 6) is 0. The predicted molar refractivity (Wildman–Crippen MR) is 81.9 cm³/mol. The van der Waals surface area contributed by atoms with Crippen LogP contribution in [-0.2, 0) is 14.1 Å². The van der Waals surface area contributed by atoms with E-state index < -0.39 is 0 Å². The van der Waals surface area contributed by atoms with E-state index in [2.05, 4.69) is 20.9 Å². The Balaban J connectivity index is 2.46. The minimum atomic E-state index is -0.331. The average molecular weight is 334 g/mol. The third kappa shape index (κ3) is 1.76. The van der Waals surface area contributed by atoms with Crippen molar-refractivity contribution in [2.24, 2.45) is 14.1 Å². The highest BCUT2D eigenvalue weighted by Crippen LogP contribution is 2.26. The summed E-state index contributed by atoms with van der Waals surface area (Å²) in [6.07, 6.45) is 1.69. The molecule has 0 amide bonds. The van der Waals surface area contributed by atoms with Crippen LogP contribution in [0, 0.1) is 0 Å². The van der Waals surface area contributed by atoms with Crippen LogP contribution in [0.4, 0.5) is 0 Å². The molecule has 0 atom stereocenters. The largest absolute Gasteiger partial charge is 0.359 e. The molecule has 3 rings (SSSR count). The summed E-state index contributed by atoms with van der Waals surface area (Å²) in [7, 11) is 3.14. The van der Waals surface area contributed by atoms with Gasteiger partial charge in [-0.3, -0.25) is 13.9 Å². The van der Waals surface area contributed by atoms with Crippen LogP contribution < -0.4 is 11.2 Å². The maximum atomic E-state index is 12.4. The zero-order chi connectivity index (χ0) is 14.4. The molecule has 102 valence electrons. The fourth-order valence-electron chi connectivity index (χ4n) is 2.35. The first-order valence-electron chi connectivity index (χ1n) is 6.03. The van der Waals surface area contributed by atoms with Gasteiger partial charge in [-0.2, -0.15) is 0 Å². The number of halogens is 1. The average Bonchev–Trinajstić information content (AvgIpc) is 2.87. The molecule has 0 aliphatic carbocycles. The molecule has 20 heavy (non-hydrogen) atoms. The Morgan fingerprint density at radius 1 is 1.15 bits per heavy atom. The van der Waals surface area contributed by atoms with Crippen LogP contribution in [0.15, 0.2) is 44.5 Å².